The molecule has 4 rings (SSSR count). The van der Waals surface area contributed by atoms with E-state index >= 15 is 0 Å². The van der Waals surface area contributed by atoms with E-state index in [4.69, 9.17) is 9.47 Å². The fourth-order valence-electron chi connectivity index (χ4n) is 3.48. The van der Waals surface area contributed by atoms with Crippen molar-refractivity contribution in [2.75, 3.05) is 13.2 Å². The van der Waals surface area contributed by atoms with Gasteiger partial charge in [0.1, 0.15) is 0 Å². The summed E-state index contributed by atoms with van der Waals surface area (Å²) in [5.41, 5.74) is 0.0926. The molecule has 0 aromatic carbocycles. The molecule has 3 atom stereocenters. The molecule has 4 nitrogen and oxygen atoms in total. The SMILES string of the molecule is C[SiH3].C[SiH3].O=C1CC2([CH-]CC[CH-]C2)CO1.O=C1OCC2[CH-]CC[CH-]C12.[Y].[Y]. The topological polar surface area (TPSA) is 52.6 Å². The predicted octanol–water partition coefficient (Wildman–Crippen LogP) is 1.28. The molecule has 4 fully saturated rings. The maximum Gasteiger partial charge on any atom is 0.303 e. The Bertz CT molecular complexity index is 419. The van der Waals surface area contributed by atoms with E-state index in [1.54, 1.807) is 0 Å². The zero-order valence-corrected chi connectivity index (χ0v) is 27.1. The number of carbonyl (C=O) groups is 2. The van der Waals surface area contributed by atoms with Crippen LogP contribution in [0.25, 0.3) is 0 Å². The summed E-state index contributed by atoms with van der Waals surface area (Å²) in [6, 6.07) is 0. The normalized spacial score (nSPS) is 30.4. The van der Waals surface area contributed by atoms with Crippen LogP contribution in [0.3, 0.4) is 0 Å². The van der Waals surface area contributed by atoms with Gasteiger partial charge in [0.2, 0.25) is 0 Å². The monoisotopic (exact) mass is 560 g/mol. The van der Waals surface area contributed by atoms with Crippen LogP contribution in [0.4, 0.5) is 0 Å². The van der Waals surface area contributed by atoms with Crippen molar-refractivity contribution in [3.63, 3.8) is 0 Å². The van der Waals surface area contributed by atoms with Crippen LogP contribution in [-0.2, 0) is 84.5 Å². The van der Waals surface area contributed by atoms with Gasteiger partial charge in [0.25, 0.3) is 5.97 Å². The summed E-state index contributed by atoms with van der Waals surface area (Å²) in [6.45, 7) is 5.50. The number of fused-ring (bicyclic) bond motifs is 1. The molecule has 0 aromatic heterocycles. The van der Waals surface area contributed by atoms with Crippen LogP contribution in [0, 0.1) is 42.9 Å². The second-order valence-corrected chi connectivity index (χ2v) is 6.34. The van der Waals surface area contributed by atoms with Gasteiger partial charge in [-0.1, -0.05) is 19.0 Å². The number of esters is 2. The molecule has 152 valence electrons. The molecule has 27 heavy (non-hydrogen) atoms. The van der Waals surface area contributed by atoms with Crippen molar-refractivity contribution < 1.29 is 84.5 Å². The van der Waals surface area contributed by atoms with Crippen molar-refractivity contribution >= 4 is 32.4 Å². The first-order valence-electron chi connectivity index (χ1n) is 9.83. The Hall–Kier alpha value is 1.58. The Morgan fingerprint density at radius 2 is 1.63 bits per heavy atom. The Morgan fingerprint density at radius 3 is 2.15 bits per heavy atom. The quantitative estimate of drug-likeness (QED) is 0.255. The minimum atomic E-state index is -0.0310. The van der Waals surface area contributed by atoms with Crippen molar-refractivity contribution in [3.05, 3.63) is 25.7 Å². The molecule has 4 aliphatic rings. The van der Waals surface area contributed by atoms with Gasteiger partial charge < -0.3 is 35.2 Å². The molecule has 0 bridgehead atoms. The Balaban J connectivity index is 0. The summed E-state index contributed by atoms with van der Waals surface area (Å²) in [5, 5.41) is 0. The van der Waals surface area contributed by atoms with Crippen LogP contribution >= 0.6 is 0 Å². The first-order chi connectivity index (χ1) is 12.2. The van der Waals surface area contributed by atoms with E-state index in [-0.39, 0.29) is 88.7 Å². The molecule has 2 aliphatic heterocycles. The van der Waals surface area contributed by atoms with E-state index in [0.717, 1.165) is 32.1 Å². The number of hydrogen-bond donors (Lipinski definition) is 0. The average molecular weight is 560 g/mol. The van der Waals surface area contributed by atoms with E-state index in [0.29, 0.717) is 25.6 Å². The van der Waals surface area contributed by atoms with E-state index in [2.05, 4.69) is 38.8 Å². The molecule has 0 amide bonds. The van der Waals surface area contributed by atoms with Gasteiger partial charge in [0, 0.05) is 71.8 Å². The second kappa shape index (κ2) is 17.3. The van der Waals surface area contributed by atoms with Crippen molar-refractivity contribution in [2.45, 2.75) is 51.6 Å². The molecule has 0 N–H and O–H groups in total. The molecule has 3 unspecified atom stereocenters. The van der Waals surface area contributed by atoms with Crippen molar-refractivity contribution in [1.82, 2.24) is 0 Å². The van der Waals surface area contributed by atoms with Crippen LogP contribution < -0.4 is 0 Å². The van der Waals surface area contributed by atoms with Crippen molar-refractivity contribution in [3.8, 4) is 0 Å². The van der Waals surface area contributed by atoms with Crippen LogP contribution in [-0.4, -0.2) is 45.6 Å². The molecule has 8 heteroatoms. The van der Waals surface area contributed by atoms with E-state index in [1.807, 2.05) is 0 Å². The van der Waals surface area contributed by atoms with Gasteiger partial charge in [0.15, 0.2) is 0 Å². The van der Waals surface area contributed by atoms with Gasteiger partial charge in [-0.2, -0.15) is 6.42 Å². The largest absolute Gasteiger partial charge is 0.470 e. The molecule has 2 saturated heterocycles. The summed E-state index contributed by atoms with van der Waals surface area (Å²) >= 11 is 0. The number of hydrogen-bond acceptors (Lipinski definition) is 4. The number of carbonyl (C=O) groups excluding carboxylic acids is 2. The third kappa shape index (κ3) is 9.95. The molecular formula is C19H34O4Si2Y2-4. The Labute approximate surface area is 222 Å². The van der Waals surface area contributed by atoms with Crippen molar-refractivity contribution in [2.24, 2.45) is 17.3 Å². The minimum Gasteiger partial charge on any atom is -0.470 e. The van der Waals surface area contributed by atoms with Gasteiger partial charge in [-0.3, -0.25) is 9.59 Å². The van der Waals surface area contributed by atoms with Gasteiger partial charge in [0.05, 0.1) is 13.2 Å². The van der Waals surface area contributed by atoms with Crippen LogP contribution in [0.2, 0.25) is 13.1 Å². The summed E-state index contributed by atoms with van der Waals surface area (Å²) in [5.74, 6) is 0.424. The van der Waals surface area contributed by atoms with Gasteiger partial charge >= 0.3 is 5.97 Å². The fraction of sp³-hybridized carbons (Fsp3) is 0.684. The Morgan fingerprint density at radius 1 is 0.963 bits per heavy atom. The minimum absolute atomic E-state index is 0. The van der Waals surface area contributed by atoms with E-state index in [9.17, 15) is 9.59 Å². The van der Waals surface area contributed by atoms with Crippen LogP contribution in [0.5, 0.6) is 0 Å². The maximum absolute atomic E-state index is 10.9. The van der Waals surface area contributed by atoms with Gasteiger partial charge in [-0.05, 0) is 20.5 Å². The number of ether oxygens (including phenoxy) is 2. The maximum atomic E-state index is 10.9. The van der Waals surface area contributed by atoms with Crippen molar-refractivity contribution in [1.29, 1.82) is 0 Å². The van der Waals surface area contributed by atoms with Crippen LogP contribution in [0.15, 0.2) is 0 Å². The molecule has 2 heterocycles. The summed E-state index contributed by atoms with van der Waals surface area (Å²) in [4.78, 5) is 21.8. The zero-order chi connectivity index (χ0) is 18.7. The smallest absolute Gasteiger partial charge is 0.303 e. The first-order valence-corrected chi connectivity index (χ1v) is 13.8. The average Bonchev–Trinajstić information content (AvgIpc) is 3.23. The van der Waals surface area contributed by atoms with E-state index in [1.165, 1.54) is 20.5 Å². The standard InChI is InChI=1S/C9H12O2.C8H10O2.2CH6Si.2Y/c10-8-6-9(7-11-8)4-2-1-3-5-9;9-8-7-4-2-1-3-6(7)5-10-8;2*1-2;;/h2,5H,1,3-4,6-7H2;3-4,6-7H,1-2,5H2;2*1-2H3;;/q2*-2;;;;. The zero-order valence-electron chi connectivity index (χ0n) is 17.4. The first kappa shape index (κ1) is 30.8. The molecule has 1 spiro atoms. The third-order valence-corrected chi connectivity index (χ3v) is 4.72. The number of rotatable bonds is 0. The summed E-state index contributed by atoms with van der Waals surface area (Å²) < 4.78 is 9.85. The van der Waals surface area contributed by atoms with Crippen LogP contribution in [0.1, 0.15) is 38.5 Å². The van der Waals surface area contributed by atoms with E-state index < -0.39 is 0 Å². The fourth-order valence-corrected chi connectivity index (χ4v) is 3.48. The predicted molar refractivity (Wildman–Crippen MR) is 108 cm³/mol. The van der Waals surface area contributed by atoms with Gasteiger partial charge in [-0.25, -0.2) is 25.7 Å². The molecule has 0 aromatic rings. The molecule has 2 saturated carbocycles. The summed E-state index contributed by atoms with van der Waals surface area (Å²) in [6.07, 6.45) is 14.9. The second-order valence-electron chi connectivity index (χ2n) is 6.34. The Kier molecular flexibility index (Phi) is 19.7. The van der Waals surface area contributed by atoms with Gasteiger partial charge in [-0.15, -0.1) is 11.3 Å². The summed E-state index contributed by atoms with van der Waals surface area (Å²) in [7, 11) is 2.61. The molecular weight excluding hydrogens is 526 g/mol. The number of cyclic esters (lactones) is 2. The molecule has 2 radical (unpaired) electrons. The third-order valence-electron chi connectivity index (χ3n) is 4.72. The molecule has 2 aliphatic carbocycles.